The van der Waals surface area contributed by atoms with Crippen molar-refractivity contribution in [3.8, 4) is 0 Å². The van der Waals surface area contributed by atoms with Crippen molar-refractivity contribution < 1.29 is 59.5 Å². The zero-order chi connectivity index (χ0) is 27.3. The van der Waals surface area contributed by atoms with E-state index in [1.165, 1.54) is 24.4 Å². The highest BCUT2D eigenvalue weighted by Gasteiger charge is 2.47. The summed E-state index contributed by atoms with van der Waals surface area (Å²) in [4.78, 5) is 25.0. The number of ether oxygens (including phenoxy) is 3. The number of aliphatic carboxylic acids is 2. The van der Waals surface area contributed by atoms with Gasteiger partial charge in [0.05, 0.1) is 36.5 Å². The molecule has 37 heavy (non-hydrogen) atoms. The number of aliphatic hydroxyl groups is 5. The number of aliphatic hydroxyl groups excluding tert-OH is 5. The van der Waals surface area contributed by atoms with Crippen molar-refractivity contribution in [3.05, 3.63) is 60.1 Å². The van der Waals surface area contributed by atoms with Gasteiger partial charge >= 0.3 is 11.9 Å². The molecule has 7 N–H and O–H groups in total. The normalized spacial score (nSPS) is 34.3. The van der Waals surface area contributed by atoms with Crippen LogP contribution in [0.4, 0.5) is 0 Å². The van der Waals surface area contributed by atoms with E-state index >= 15 is 0 Å². The number of rotatable bonds is 10. The fourth-order valence-corrected chi connectivity index (χ4v) is 4.28. The number of hydrogen-bond donors (Lipinski definition) is 7. The molecule has 1 fully saturated rings. The van der Waals surface area contributed by atoms with E-state index in [0.717, 1.165) is 6.26 Å². The maximum atomic E-state index is 11.9. The Balaban J connectivity index is 1.85. The number of carboxylic acid groups (broad SMARTS) is 2. The van der Waals surface area contributed by atoms with Gasteiger partial charge in [0, 0.05) is 25.2 Å². The first-order chi connectivity index (χ1) is 17.6. The van der Waals surface area contributed by atoms with Gasteiger partial charge in [-0.1, -0.05) is 18.2 Å². The SMILES string of the molecule is C=CC1C(OC2OC(CO)C(O)C(O)C2O)OC=C(C(=O)O)C1C=CC1=CC(C(=O)O)=CN(CCO)C1. The molecule has 0 spiro atoms. The van der Waals surface area contributed by atoms with Crippen LogP contribution >= 0.6 is 0 Å². The van der Waals surface area contributed by atoms with Crippen LogP contribution in [0.15, 0.2) is 60.1 Å². The van der Waals surface area contributed by atoms with Crippen LogP contribution in [0.25, 0.3) is 0 Å². The third-order valence-corrected chi connectivity index (χ3v) is 6.25. The fourth-order valence-electron chi connectivity index (χ4n) is 4.28. The van der Waals surface area contributed by atoms with Crippen LogP contribution in [0.5, 0.6) is 0 Å². The van der Waals surface area contributed by atoms with E-state index in [1.54, 1.807) is 11.0 Å². The van der Waals surface area contributed by atoms with Crippen LogP contribution in [0, 0.1) is 11.8 Å². The van der Waals surface area contributed by atoms with Crippen molar-refractivity contribution in [2.75, 3.05) is 26.3 Å². The minimum Gasteiger partial charge on any atom is -0.478 e. The highest BCUT2D eigenvalue weighted by atomic mass is 16.8. The van der Waals surface area contributed by atoms with Crippen molar-refractivity contribution in [1.82, 2.24) is 4.90 Å². The number of carbonyl (C=O) groups is 2. The second kappa shape index (κ2) is 12.5. The molecule has 0 aliphatic carbocycles. The van der Waals surface area contributed by atoms with Gasteiger partial charge in [-0.2, -0.15) is 0 Å². The van der Waals surface area contributed by atoms with E-state index in [4.69, 9.17) is 14.2 Å². The number of carboxylic acids is 2. The maximum Gasteiger partial charge on any atom is 0.337 e. The quantitative estimate of drug-likeness (QED) is 0.159. The highest BCUT2D eigenvalue weighted by Crippen LogP contribution is 2.36. The third-order valence-electron chi connectivity index (χ3n) is 6.25. The summed E-state index contributed by atoms with van der Waals surface area (Å²) in [6, 6.07) is 0. The van der Waals surface area contributed by atoms with Crippen LogP contribution < -0.4 is 0 Å². The van der Waals surface area contributed by atoms with Gasteiger partial charge in [-0.05, 0) is 11.6 Å². The van der Waals surface area contributed by atoms with Gasteiger partial charge in [-0.15, -0.1) is 6.58 Å². The summed E-state index contributed by atoms with van der Waals surface area (Å²) in [6.07, 6.45) is -0.651. The van der Waals surface area contributed by atoms with E-state index in [9.17, 15) is 45.3 Å². The number of allylic oxidation sites excluding steroid dienone is 1. The number of nitrogens with zero attached hydrogens (tertiary/aromatic N) is 1. The minimum absolute atomic E-state index is 0.00979. The van der Waals surface area contributed by atoms with Crippen molar-refractivity contribution >= 4 is 11.9 Å². The van der Waals surface area contributed by atoms with E-state index in [2.05, 4.69) is 6.58 Å². The minimum atomic E-state index is -1.70. The Morgan fingerprint density at radius 1 is 1.11 bits per heavy atom. The summed E-state index contributed by atoms with van der Waals surface area (Å²) in [7, 11) is 0. The molecule has 8 unspecified atom stereocenters. The topological polar surface area (TPSA) is 207 Å². The molecule has 0 aromatic heterocycles. The van der Waals surface area contributed by atoms with E-state index in [1.807, 2.05) is 0 Å². The van der Waals surface area contributed by atoms with Gasteiger partial charge in [-0.3, -0.25) is 0 Å². The molecule has 1 saturated heterocycles. The van der Waals surface area contributed by atoms with Crippen LogP contribution in [0.3, 0.4) is 0 Å². The molecule has 3 aliphatic heterocycles. The van der Waals surface area contributed by atoms with Gasteiger partial charge < -0.3 is 54.9 Å². The Morgan fingerprint density at radius 3 is 2.43 bits per heavy atom. The van der Waals surface area contributed by atoms with Gasteiger partial charge in [0.1, 0.15) is 24.4 Å². The second-order valence-electron chi connectivity index (χ2n) is 8.72. The predicted octanol–water partition coefficient (Wildman–Crippen LogP) is -1.69. The number of hydrogen-bond acceptors (Lipinski definition) is 11. The molecule has 0 aromatic carbocycles. The van der Waals surface area contributed by atoms with E-state index in [0.29, 0.717) is 5.57 Å². The monoisotopic (exact) mass is 525 g/mol. The number of β-amino-alcohol motifs (C(OH)–C–C–N with tert-alkyl or cyclic N) is 1. The summed E-state index contributed by atoms with van der Waals surface area (Å²) in [5, 5.41) is 68.0. The van der Waals surface area contributed by atoms with Crippen molar-refractivity contribution in [3.63, 3.8) is 0 Å². The standard InChI is InChI=1S/C24H31NO12/c1-2-14-15(4-3-12-7-13(21(31)32)9-25(8-12)5-6-26)16(22(33)34)11-35-23(14)37-24-20(30)19(29)18(28)17(10-27)36-24/h2-4,7,9,11,14-15,17-20,23-24,26-30H,1,5-6,8,10H2,(H,31,32)(H,33,34). The van der Waals surface area contributed by atoms with Gasteiger partial charge in [0.25, 0.3) is 0 Å². The highest BCUT2D eigenvalue weighted by molar-refractivity contribution is 5.90. The summed E-state index contributed by atoms with van der Waals surface area (Å²) in [5.74, 6) is -4.15. The molecule has 13 heteroatoms. The van der Waals surface area contributed by atoms with Crippen molar-refractivity contribution in [2.24, 2.45) is 11.8 Å². The van der Waals surface area contributed by atoms with Crippen LogP contribution in [-0.4, -0.2) is 116 Å². The summed E-state index contributed by atoms with van der Waals surface area (Å²) in [5.41, 5.74) is 0.385. The average molecular weight is 526 g/mol. The molecule has 3 rings (SSSR count). The molecule has 0 bridgehead atoms. The first-order valence-electron chi connectivity index (χ1n) is 11.5. The van der Waals surface area contributed by atoms with Gasteiger partial charge in [-0.25, -0.2) is 9.59 Å². The summed E-state index contributed by atoms with van der Waals surface area (Å²) < 4.78 is 16.5. The average Bonchev–Trinajstić information content (AvgIpc) is 2.87. The fraction of sp³-hybridized carbons (Fsp3) is 0.500. The van der Waals surface area contributed by atoms with E-state index in [-0.39, 0.29) is 30.8 Å². The zero-order valence-corrected chi connectivity index (χ0v) is 19.7. The molecule has 8 atom stereocenters. The molecule has 13 nitrogen and oxygen atoms in total. The van der Waals surface area contributed by atoms with Crippen LogP contribution in [0.1, 0.15) is 0 Å². The lowest BCUT2D eigenvalue weighted by atomic mass is 9.83. The molecule has 0 aromatic rings. The molecular weight excluding hydrogens is 494 g/mol. The molecule has 3 aliphatic rings. The van der Waals surface area contributed by atoms with Gasteiger partial charge in [0.2, 0.25) is 6.29 Å². The molecule has 0 radical (unpaired) electrons. The van der Waals surface area contributed by atoms with Crippen molar-refractivity contribution in [2.45, 2.75) is 37.0 Å². The van der Waals surface area contributed by atoms with Gasteiger partial charge in [0.15, 0.2) is 6.29 Å². The molecule has 0 saturated carbocycles. The molecule has 204 valence electrons. The zero-order valence-electron chi connectivity index (χ0n) is 19.7. The smallest absolute Gasteiger partial charge is 0.337 e. The largest absolute Gasteiger partial charge is 0.478 e. The van der Waals surface area contributed by atoms with Crippen LogP contribution in [0.2, 0.25) is 0 Å². The lowest BCUT2D eigenvalue weighted by Crippen LogP contribution is -2.60. The Labute approximate surface area is 212 Å². The Kier molecular flexibility index (Phi) is 9.62. The molecular formula is C24H31NO12. The second-order valence-corrected chi connectivity index (χ2v) is 8.72. The predicted molar refractivity (Wildman–Crippen MR) is 124 cm³/mol. The Bertz CT molecular complexity index is 986. The Hall–Kier alpha value is -3.04. The van der Waals surface area contributed by atoms with Crippen LogP contribution in [-0.2, 0) is 23.8 Å². The molecule has 0 amide bonds. The lowest BCUT2D eigenvalue weighted by molar-refractivity contribution is -0.338. The first kappa shape index (κ1) is 28.5. The van der Waals surface area contributed by atoms with E-state index < -0.39 is 67.4 Å². The summed E-state index contributed by atoms with van der Waals surface area (Å²) in [6.45, 7) is 3.35. The Morgan fingerprint density at radius 2 is 1.84 bits per heavy atom. The lowest BCUT2D eigenvalue weighted by Gasteiger charge is -2.42. The first-order valence-corrected chi connectivity index (χ1v) is 11.5. The van der Waals surface area contributed by atoms with Crippen molar-refractivity contribution in [1.29, 1.82) is 0 Å². The third kappa shape index (κ3) is 6.45. The summed E-state index contributed by atoms with van der Waals surface area (Å²) >= 11 is 0. The molecule has 3 heterocycles. The maximum absolute atomic E-state index is 11.9.